The van der Waals surface area contributed by atoms with Gasteiger partial charge < -0.3 is 0 Å². The monoisotopic (exact) mass is 778 g/mol. The molecule has 0 N–H and O–H groups in total. The van der Waals surface area contributed by atoms with Crippen molar-refractivity contribution in [3.05, 3.63) is 141 Å². The summed E-state index contributed by atoms with van der Waals surface area (Å²) < 4.78 is 39.2. The number of rotatable bonds is 10. The molecule has 4 aromatic rings. The number of thioether (sulfide) groups is 1. The number of hydrogen-bond donors (Lipinski definition) is 0. The highest BCUT2D eigenvalue weighted by molar-refractivity contribution is 7.98. The summed E-state index contributed by atoms with van der Waals surface area (Å²) in [6.07, 6.45) is 10.6. The maximum atomic E-state index is 13.9. The Bertz CT molecular complexity index is 2190. The Morgan fingerprint density at radius 3 is 1.55 bits per heavy atom. The first-order valence-electron chi connectivity index (χ1n) is 18.8. The smallest absolute Gasteiger partial charge is 0.140 e. The summed E-state index contributed by atoms with van der Waals surface area (Å²) in [7, 11) is -1.01. The van der Waals surface area contributed by atoms with Crippen molar-refractivity contribution in [2.45, 2.75) is 83.9 Å². The summed E-state index contributed by atoms with van der Waals surface area (Å²) in [5.74, 6) is -0.301. The molecule has 55 heavy (non-hydrogen) atoms. The molecule has 0 aliphatic heterocycles. The van der Waals surface area contributed by atoms with Gasteiger partial charge in [0.2, 0.25) is 0 Å². The summed E-state index contributed by atoms with van der Waals surface area (Å²) in [6, 6.07) is 25.5. The van der Waals surface area contributed by atoms with Crippen LogP contribution in [-0.4, -0.2) is 28.3 Å². The lowest BCUT2D eigenvalue weighted by Gasteiger charge is -2.10. The van der Waals surface area contributed by atoms with E-state index in [2.05, 4.69) is 56.5 Å². The van der Waals surface area contributed by atoms with Gasteiger partial charge in [-0.25, -0.2) is 8.78 Å². The van der Waals surface area contributed by atoms with Gasteiger partial charge in [0.15, 0.2) is 0 Å². The molecule has 2 aliphatic carbocycles. The van der Waals surface area contributed by atoms with Gasteiger partial charge in [0.05, 0.1) is 0 Å². The molecule has 3 nitrogen and oxygen atoms in total. The molecule has 0 saturated carbocycles. The van der Waals surface area contributed by atoms with Crippen LogP contribution in [0.15, 0.2) is 106 Å². The van der Waals surface area contributed by atoms with Gasteiger partial charge in [0.25, 0.3) is 0 Å². The van der Waals surface area contributed by atoms with Crippen molar-refractivity contribution in [2.24, 2.45) is 5.92 Å². The van der Waals surface area contributed by atoms with Crippen molar-refractivity contribution in [1.29, 1.82) is 0 Å². The highest BCUT2D eigenvalue weighted by Gasteiger charge is 2.27. The zero-order valence-electron chi connectivity index (χ0n) is 33.4. The van der Waals surface area contributed by atoms with Crippen LogP contribution in [-0.2, 0) is 20.4 Å². The van der Waals surface area contributed by atoms with Crippen LogP contribution in [0.25, 0.3) is 34.4 Å². The lowest BCUT2D eigenvalue weighted by atomic mass is 9.93. The number of Topliss-reactive ketones (excluding diaryl/α,β-unsaturated/α-hetero) is 2. The van der Waals surface area contributed by atoms with Crippen LogP contribution in [0, 0.1) is 17.6 Å². The van der Waals surface area contributed by atoms with Crippen LogP contribution < -0.4 is 0 Å². The number of carbonyl (C=O) groups excluding carboxylic acids is 2. The largest absolute Gasteiger partial charge is 0.300 e. The average molecular weight is 779 g/mol. The molecule has 0 spiro atoms. The molecule has 2 unspecified atom stereocenters. The van der Waals surface area contributed by atoms with E-state index in [-0.39, 0.29) is 29.1 Å². The minimum atomic E-state index is -1.01. The van der Waals surface area contributed by atoms with Crippen LogP contribution >= 0.6 is 11.8 Å². The van der Waals surface area contributed by atoms with E-state index in [1.54, 1.807) is 31.0 Å². The normalized spacial score (nSPS) is 15.5. The summed E-state index contributed by atoms with van der Waals surface area (Å²) in [5.41, 5.74) is 11.7. The third-order valence-corrected chi connectivity index (χ3v) is 11.5. The third kappa shape index (κ3) is 10.9. The zero-order chi connectivity index (χ0) is 40.4. The first-order chi connectivity index (χ1) is 26.2. The first-order valence-corrected chi connectivity index (χ1v) is 21.5. The molecule has 4 aromatic carbocycles. The molecule has 0 aromatic heterocycles. The molecule has 2 atom stereocenters. The molecule has 0 saturated heterocycles. The van der Waals surface area contributed by atoms with Gasteiger partial charge in [0, 0.05) is 45.6 Å². The molecule has 7 heteroatoms. The SMILES string of the molecule is CCC.CCC(C)C(=O)CC1=C(C)/C(=C/c2ccc(S(C)=O)cc2)c2ccc(F)cc21.CSc1ccc(/C=C2/C(C)=C(CC(C)=O)c3cc(F)ccc32)cc1. The summed E-state index contributed by atoms with van der Waals surface area (Å²) in [5, 5.41) is 0. The van der Waals surface area contributed by atoms with Gasteiger partial charge in [-0.2, -0.15) is 0 Å². The Labute approximate surface area is 333 Å². The Morgan fingerprint density at radius 2 is 1.15 bits per heavy atom. The molecule has 0 radical (unpaired) electrons. The molecule has 6 rings (SSSR count). The molecule has 0 bridgehead atoms. The van der Waals surface area contributed by atoms with Crippen molar-refractivity contribution in [2.75, 3.05) is 12.5 Å². The Balaban J connectivity index is 0.000000231. The maximum absolute atomic E-state index is 13.9. The van der Waals surface area contributed by atoms with E-state index in [4.69, 9.17) is 0 Å². The number of carbonyl (C=O) groups is 2. The van der Waals surface area contributed by atoms with Crippen LogP contribution in [0.1, 0.15) is 108 Å². The third-order valence-electron chi connectivity index (χ3n) is 9.80. The second-order valence-corrected chi connectivity index (χ2v) is 16.3. The van der Waals surface area contributed by atoms with E-state index >= 15 is 0 Å². The Kier molecular flexibility index (Phi) is 15.7. The number of benzene rings is 4. The fourth-order valence-corrected chi connectivity index (χ4v) is 7.50. The summed E-state index contributed by atoms with van der Waals surface area (Å²) in [6.45, 7) is 13.8. The van der Waals surface area contributed by atoms with Crippen molar-refractivity contribution in [3.63, 3.8) is 0 Å². The predicted molar refractivity (Wildman–Crippen MR) is 231 cm³/mol. The van der Waals surface area contributed by atoms with Crippen molar-refractivity contribution in [1.82, 2.24) is 0 Å². The van der Waals surface area contributed by atoms with E-state index in [1.807, 2.05) is 58.0 Å². The van der Waals surface area contributed by atoms with E-state index in [9.17, 15) is 22.6 Å². The van der Waals surface area contributed by atoms with Gasteiger partial charge in [-0.3, -0.25) is 13.8 Å². The second kappa shape index (κ2) is 19.9. The van der Waals surface area contributed by atoms with E-state index in [0.29, 0.717) is 12.8 Å². The number of halogens is 2. The molecule has 288 valence electrons. The zero-order valence-corrected chi connectivity index (χ0v) is 35.1. The molecule has 0 fully saturated rings. The van der Waals surface area contributed by atoms with Crippen molar-refractivity contribution in [3.8, 4) is 0 Å². The summed E-state index contributed by atoms with van der Waals surface area (Å²) >= 11 is 1.71. The molecule has 0 amide bonds. The second-order valence-electron chi connectivity index (χ2n) is 14.0. The van der Waals surface area contributed by atoms with Crippen molar-refractivity contribution < 1.29 is 22.6 Å². The maximum Gasteiger partial charge on any atom is 0.140 e. The molecular formula is C48H52F2O3S2. The highest BCUT2D eigenvalue weighted by Crippen LogP contribution is 2.45. The lowest BCUT2D eigenvalue weighted by Crippen LogP contribution is -2.10. The van der Waals surface area contributed by atoms with Gasteiger partial charge in [0.1, 0.15) is 23.2 Å². The van der Waals surface area contributed by atoms with Crippen LogP contribution in [0.3, 0.4) is 0 Å². The van der Waals surface area contributed by atoms with Crippen LogP contribution in [0.2, 0.25) is 0 Å². The van der Waals surface area contributed by atoms with Gasteiger partial charge >= 0.3 is 0 Å². The van der Waals surface area contributed by atoms with Gasteiger partial charge in [-0.05, 0) is 161 Å². The number of ketones is 2. The summed E-state index contributed by atoms with van der Waals surface area (Å²) in [4.78, 5) is 26.2. The predicted octanol–water partition coefficient (Wildman–Crippen LogP) is 13.2. The van der Waals surface area contributed by atoms with Crippen LogP contribution in [0.5, 0.6) is 0 Å². The number of hydrogen-bond acceptors (Lipinski definition) is 4. The quantitative estimate of drug-likeness (QED) is 0.150. The van der Waals surface area contributed by atoms with E-state index in [0.717, 1.165) is 78.1 Å². The number of allylic oxidation sites excluding steroid dienone is 6. The van der Waals surface area contributed by atoms with Crippen LogP contribution in [0.4, 0.5) is 8.78 Å². The molecule has 0 heterocycles. The standard InChI is InChI=1S/C24H25FO2S.C21H19FOS.C3H8/c1-5-15(2)24(26)14-22-16(3)21(20-11-8-18(25)13-23(20)22)12-17-6-9-19(10-7-17)28(4)27;1-13(23)10-19-14(2)20(18-9-6-16(22)12-21(18)19)11-15-4-7-17(24-3)8-5-15;1-3-2/h6-13,15H,5,14H2,1-4H3;4-9,11-12H,10H2,1-3H3;3H2,1-2H3/b21-12-;20-11-;. The van der Waals surface area contributed by atoms with Crippen molar-refractivity contribution >= 4 is 68.6 Å². The van der Waals surface area contributed by atoms with Gasteiger partial charge in [-0.1, -0.05) is 70.5 Å². The highest BCUT2D eigenvalue weighted by atomic mass is 32.2. The van der Waals surface area contributed by atoms with Gasteiger partial charge in [-0.15, -0.1) is 11.8 Å². The topological polar surface area (TPSA) is 51.2 Å². The lowest BCUT2D eigenvalue weighted by molar-refractivity contribution is -0.121. The molecular weight excluding hydrogens is 727 g/mol. The minimum Gasteiger partial charge on any atom is -0.300 e. The number of fused-ring (bicyclic) bond motifs is 2. The molecule has 2 aliphatic rings. The Morgan fingerprint density at radius 1 is 0.709 bits per heavy atom. The fraction of sp³-hybridized carbons (Fsp3) is 0.292. The Hall–Kier alpha value is -4.46. The first kappa shape index (κ1) is 43.3. The van der Waals surface area contributed by atoms with E-state index in [1.165, 1.54) is 35.6 Å². The fourth-order valence-electron chi connectivity index (χ4n) is 6.58. The minimum absolute atomic E-state index is 0.00667. The van der Waals surface area contributed by atoms with E-state index < -0.39 is 10.8 Å². The average Bonchev–Trinajstić information content (AvgIpc) is 3.55.